The zero-order valence-electron chi connectivity index (χ0n) is 14.2. The van der Waals surface area contributed by atoms with Crippen LogP contribution in [-0.2, 0) is 29.0 Å². The molecule has 0 N–H and O–H groups in total. The number of carbonyl (C=O) groups is 1. The van der Waals surface area contributed by atoms with Gasteiger partial charge in [-0.1, -0.05) is 24.3 Å². The molecule has 0 aliphatic heterocycles. The molecule has 1 aromatic heterocycles. The molecule has 0 fully saturated rings. The third kappa shape index (κ3) is 3.74. The lowest BCUT2D eigenvalue weighted by molar-refractivity contribution is -0.148. The van der Waals surface area contributed by atoms with E-state index in [-0.39, 0.29) is 19.1 Å². The number of rotatable bonds is 6. The summed E-state index contributed by atoms with van der Waals surface area (Å²) in [6.45, 7) is -0.231. The lowest BCUT2D eigenvalue weighted by atomic mass is 10.1. The third-order valence-electron chi connectivity index (χ3n) is 4.27. The molecule has 0 saturated heterocycles. The smallest absolute Gasteiger partial charge is 0.344 e. The minimum atomic E-state index is -0.482. The Balaban J connectivity index is 1.27. The molecule has 4 rings (SSSR count). The van der Waals surface area contributed by atoms with Gasteiger partial charge >= 0.3 is 5.97 Å². The van der Waals surface area contributed by atoms with Crippen molar-refractivity contribution < 1.29 is 18.7 Å². The number of hydrogen-bond donors (Lipinski definition) is 0. The molecule has 6 heteroatoms. The van der Waals surface area contributed by atoms with Gasteiger partial charge in [-0.2, -0.15) is 0 Å². The van der Waals surface area contributed by atoms with Gasteiger partial charge in [0.25, 0.3) is 5.89 Å². The molecule has 0 amide bonds. The number of aryl methyl sites for hydroxylation is 2. The lowest BCUT2D eigenvalue weighted by Gasteiger charge is -2.07. The van der Waals surface area contributed by atoms with Gasteiger partial charge in [0.2, 0.25) is 5.89 Å². The molecule has 3 aromatic rings. The zero-order chi connectivity index (χ0) is 17.8. The van der Waals surface area contributed by atoms with Crippen LogP contribution in [0.4, 0.5) is 0 Å². The highest BCUT2D eigenvalue weighted by Gasteiger charge is 2.13. The number of esters is 1. The van der Waals surface area contributed by atoms with Crippen molar-refractivity contribution in [3.63, 3.8) is 0 Å². The molecule has 1 heterocycles. The zero-order valence-corrected chi connectivity index (χ0v) is 14.2. The monoisotopic (exact) mass is 350 g/mol. The van der Waals surface area contributed by atoms with Crippen molar-refractivity contribution in [3.8, 4) is 17.2 Å². The molecule has 0 radical (unpaired) electrons. The van der Waals surface area contributed by atoms with Crippen molar-refractivity contribution in [1.82, 2.24) is 10.2 Å². The molecule has 2 aromatic carbocycles. The Bertz CT molecular complexity index is 905. The van der Waals surface area contributed by atoms with Crippen LogP contribution >= 0.6 is 0 Å². The molecule has 0 bridgehead atoms. The second kappa shape index (κ2) is 7.39. The van der Waals surface area contributed by atoms with Crippen molar-refractivity contribution in [1.29, 1.82) is 0 Å². The van der Waals surface area contributed by atoms with Crippen LogP contribution in [0, 0.1) is 0 Å². The second-order valence-electron chi connectivity index (χ2n) is 6.10. The van der Waals surface area contributed by atoms with Crippen molar-refractivity contribution >= 4 is 5.97 Å². The first kappa shape index (κ1) is 16.3. The highest BCUT2D eigenvalue weighted by Crippen LogP contribution is 2.26. The van der Waals surface area contributed by atoms with Crippen LogP contribution in [0.3, 0.4) is 0 Å². The van der Waals surface area contributed by atoms with Crippen molar-refractivity contribution in [2.45, 2.75) is 25.9 Å². The van der Waals surface area contributed by atoms with E-state index in [0.29, 0.717) is 11.6 Å². The van der Waals surface area contributed by atoms with Crippen LogP contribution in [-0.4, -0.2) is 22.8 Å². The summed E-state index contributed by atoms with van der Waals surface area (Å²) in [5.74, 6) is 0.845. The van der Waals surface area contributed by atoms with E-state index in [1.54, 1.807) is 0 Å². The average molecular weight is 350 g/mol. The molecular formula is C20H18N2O4. The standard InChI is InChI=1S/C20H18N2O4/c23-19(13-24-17-10-9-14-7-4-8-16(14)11-17)25-12-18-21-22-20(26-18)15-5-2-1-3-6-15/h1-3,5-6,9-11H,4,7-8,12-13H2. The predicted octanol–water partition coefficient (Wildman–Crippen LogP) is 3.35. The Morgan fingerprint density at radius 1 is 1.04 bits per heavy atom. The van der Waals surface area contributed by atoms with E-state index in [0.717, 1.165) is 18.4 Å². The summed E-state index contributed by atoms with van der Waals surface area (Å²) in [7, 11) is 0. The number of ether oxygens (including phenoxy) is 2. The Hall–Kier alpha value is -3.15. The summed E-state index contributed by atoms with van der Waals surface area (Å²) < 4.78 is 16.1. The number of hydrogen-bond acceptors (Lipinski definition) is 6. The fourth-order valence-electron chi connectivity index (χ4n) is 2.97. The van der Waals surface area contributed by atoms with Gasteiger partial charge in [0.1, 0.15) is 5.75 Å². The average Bonchev–Trinajstić information content (AvgIpc) is 3.34. The summed E-state index contributed by atoms with van der Waals surface area (Å²) in [5.41, 5.74) is 3.48. The highest BCUT2D eigenvalue weighted by atomic mass is 16.6. The fourth-order valence-corrected chi connectivity index (χ4v) is 2.97. The Labute approximate surface area is 150 Å². The molecular weight excluding hydrogens is 332 g/mol. The minimum Gasteiger partial charge on any atom is -0.482 e. The van der Waals surface area contributed by atoms with Crippen LogP contribution in [0.5, 0.6) is 5.75 Å². The van der Waals surface area contributed by atoms with Crippen molar-refractivity contribution in [2.75, 3.05) is 6.61 Å². The molecule has 1 aliphatic carbocycles. The maximum absolute atomic E-state index is 11.9. The van der Waals surface area contributed by atoms with Gasteiger partial charge in [0.05, 0.1) is 0 Å². The van der Waals surface area contributed by atoms with Gasteiger partial charge < -0.3 is 13.9 Å². The van der Waals surface area contributed by atoms with E-state index in [4.69, 9.17) is 13.9 Å². The van der Waals surface area contributed by atoms with Crippen molar-refractivity contribution in [2.24, 2.45) is 0 Å². The molecule has 1 aliphatic rings. The van der Waals surface area contributed by atoms with Crippen molar-refractivity contribution in [3.05, 3.63) is 65.5 Å². The summed E-state index contributed by atoms with van der Waals surface area (Å²) in [5, 5.41) is 7.84. The van der Waals surface area contributed by atoms with E-state index in [1.165, 1.54) is 17.5 Å². The summed E-state index contributed by atoms with van der Waals surface area (Å²) in [4.78, 5) is 11.9. The van der Waals surface area contributed by atoms with Gasteiger partial charge in [-0.25, -0.2) is 4.79 Å². The maximum atomic E-state index is 11.9. The second-order valence-corrected chi connectivity index (χ2v) is 6.10. The van der Waals surface area contributed by atoms with Gasteiger partial charge in [-0.15, -0.1) is 10.2 Å². The van der Waals surface area contributed by atoms with Crippen LogP contribution < -0.4 is 4.74 Å². The number of nitrogens with zero attached hydrogens (tertiary/aromatic N) is 2. The van der Waals surface area contributed by atoms with Crippen LogP contribution in [0.1, 0.15) is 23.4 Å². The summed E-state index contributed by atoms with van der Waals surface area (Å²) in [6.07, 6.45) is 3.36. The van der Waals surface area contributed by atoms with E-state index < -0.39 is 5.97 Å². The van der Waals surface area contributed by atoms with E-state index in [1.807, 2.05) is 42.5 Å². The topological polar surface area (TPSA) is 74.5 Å². The number of aromatic nitrogens is 2. The first-order valence-electron chi connectivity index (χ1n) is 8.56. The van der Waals surface area contributed by atoms with Gasteiger partial charge in [-0.05, 0) is 54.7 Å². The Kier molecular flexibility index (Phi) is 4.64. The number of benzene rings is 2. The number of carbonyl (C=O) groups excluding carboxylic acids is 1. The molecule has 0 saturated carbocycles. The Morgan fingerprint density at radius 2 is 1.88 bits per heavy atom. The van der Waals surface area contributed by atoms with Crippen LogP contribution in [0.15, 0.2) is 52.9 Å². The number of fused-ring (bicyclic) bond motifs is 1. The normalized spacial score (nSPS) is 12.6. The quantitative estimate of drug-likeness (QED) is 0.635. The minimum absolute atomic E-state index is 0.0772. The van der Waals surface area contributed by atoms with Gasteiger partial charge in [0.15, 0.2) is 13.2 Å². The van der Waals surface area contributed by atoms with E-state index in [9.17, 15) is 4.79 Å². The lowest BCUT2D eigenvalue weighted by Crippen LogP contribution is -2.15. The van der Waals surface area contributed by atoms with E-state index in [2.05, 4.69) is 16.3 Å². The first-order valence-corrected chi connectivity index (χ1v) is 8.56. The van der Waals surface area contributed by atoms with Crippen LogP contribution in [0.25, 0.3) is 11.5 Å². The molecule has 26 heavy (non-hydrogen) atoms. The first-order chi connectivity index (χ1) is 12.8. The van der Waals surface area contributed by atoms with E-state index >= 15 is 0 Å². The molecule has 0 atom stereocenters. The molecule has 6 nitrogen and oxygen atoms in total. The van der Waals surface area contributed by atoms with Crippen LogP contribution in [0.2, 0.25) is 0 Å². The summed E-state index contributed by atoms with van der Waals surface area (Å²) >= 11 is 0. The predicted molar refractivity (Wildman–Crippen MR) is 93.5 cm³/mol. The summed E-state index contributed by atoms with van der Waals surface area (Å²) in [6, 6.07) is 15.4. The molecule has 132 valence electrons. The highest BCUT2D eigenvalue weighted by molar-refractivity contribution is 5.71. The molecule has 0 unspecified atom stereocenters. The fraction of sp³-hybridized carbons (Fsp3) is 0.250. The van der Waals surface area contributed by atoms with Gasteiger partial charge in [0, 0.05) is 5.56 Å². The Morgan fingerprint density at radius 3 is 2.77 bits per heavy atom. The largest absolute Gasteiger partial charge is 0.482 e. The molecule has 0 spiro atoms. The third-order valence-corrected chi connectivity index (χ3v) is 4.27. The SMILES string of the molecule is O=C(COc1ccc2c(c1)CCC2)OCc1nnc(-c2ccccc2)o1. The van der Waals surface area contributed by atoms with Gasteiger partial charge in [-0.3, -0.25) is 0 Å². The maximum Gasteiger partial charge on any atom is 0.344 e.